The maximum absolute atomic E-state index is 5.25. The van der Waals surface area contributed by atoms with Crippen molar-refractivity contribution in [2.75, 3.05) is 41.3 Å². The van der Waals surface area contributed by atoms with Crippen LogP contribution in [0.1, 0.15) is 27.2 Å². The molecule has 28 heavy (non-hydrogen) atoms. The van der Waals surface area contributed by atoms with Crippen LogP contribution in [0.5, 0.6) is 5.75 Å². The molecule has 156 valence electrons. The van der Waals surface area contributed by atoms with E-state index in [4.69, 9.17) is 4.74 Å². The van der Waals surface area contributed by atoms with E-state index in [0.29, 0.717) is 0 Å². The predicted molar refractivity (Wildman–Crippen MR) is 129 cm³/mol. The fraction of sp³-hybridized carbons (Fsp3) is 0.500. The van der Waals surface area contributed by atoms with E-state index in [1.165, 1.54) is 10.4 Å². The zero-order chi connectivity index (χ0) is 19.8. The summed E-state index contributed by atoms with van der Waals surface area (Å²) in [6, 6.07) is 8.44. The van der Waals surface area contributed by atoms with Gasteiger partial charge in [0.1, 0.15) is 5.75 Å². The lowest BCUT2D eigenvalue weighted by atomic mass is 10.1. The van der Waals surface area contributed by atoms with Crippen molar-refractivity contribution in [3.05, 3.63) is 45.4 Å². The van der Waals surface area contributed by atoms with E-state index in [0.717, 1.165) is 41.9 Å². The molecule has 2 rings (SSSR count). The Kier molecular flexibility index (Phi) is 10.8. The Hall–Kier alpha value is -1.39. The third-order valence-electron chi connectivity index (χ3n) is 4.51. The number of ether oxygens (including phenoxy) is 1. The number of likely N-dealkylation sites (N-methyl/N-ethyl adjacent to an activating group) is 1. The van der Waals surface area contributed by atoms with E-state index in [2.05, 4.69) is 65.6 Å². The minimum absolute atomic E-state index is 0. The summed E-state index contributed by atoms with van der Waals surface area (Å²) in [6.07, 6.45) is 0.898. The lowest BCUT2D eigenvalue weighted by Gasteiger charge is -2.26. The molecule has 1 unspecified atom stereocenters. The first kappa shape index (κ1) is 24.6. The van der Waals surface area contributed by atoms with Crippen LogP contribution < -0.4 is 15.4 Å². The number of guanidine groups is 1. The second-order valence-corrected chi connectivity index (χ2v) is 7.92. The molecular weight excluding hydrogens is 485 g/mol. The van der Waals surface area contributed by atoms with Crippen LogP contribution in [0.3, 0.4) is 0 Å². The monoisotopic (exact) mass is 517 g/mol. The summed E-state index contributed by atoms with van der Waals surface area (Å²) < 4.78 is 5.25. The maximum Gasteiger partial charge on any atom is 0.191 e. The number of nitrogens with one attached hydrogen (secondary N) is 2. The highest BCUT2D eigenvalue weighted by Crippen LogP contribution is 2.20. The second kappa shape index (κ2) is 12.2. The number of rotatable bonds is 8. The average Bonchev–Trinajstić information content (AvgIpc) is 2.98. The SMILES string of the molecule is CN=C(NCCc1nc(C)c(C)s1)NCC(c1ccc(OC)cc1)N(C)C.I. The Balaban J connectivity index is 0.00000392. The van der Waals surface area contributed by atoms with Crippen LogP contribution in [0, 0.1) is 13.8 Å². The third kappa shape index (κ3) is 7.21. The number of methoxy groups -OCH3 is 1. The first-order valence-corrected chi connectivity index (χ1v) is 9.94. The minimum atomic E-state index is 0. The van der Waals surface area contributed by atoms with Gasteiger partial charge in [0.15, 0.2) is 5.96 Å². The largest absolute Gasteiger partial charge is 0.497 e. The van der Waals surface area contributed by atoms with Crippen LogP contribution in [0.25, 0.3) is 0 Å². The highest BCUT2D eigenvalue weighted by atomic mass is 127. The van der Waals surface area contributed by atoms with E-state index >= 15 is 0 Å². The van der Waals surface area contributed by atoms with Gasteiger partial charge in [0, 0.05) is 31.4 Å². The van der Waals surface area contributed by atoms with Crippen molar-refractivity contribution in [2.45, 2.75) is 26.3 Å². The van der Waals surface area contributed by atoms with E-state index < -0.39 is 0 Å². The van der Waals surface area contributed by atoms with Gasteiger partial charge < -0.3 is 20.3 Å². The van der Waals surface area contributed by atoms with Crippen molar-refractivity contribution in [2.24, 2.45) is 4.99 Å². The lowest BCUT2D eigenvalue weighted by Crippen LogP contribution is -2.42. The number of aryl methyl sites for hydroxylation is 2. The molecule has 2 aromatic rings. The zero-order valence-electron chi connectivity index (χ0n) is 17.6. The number of thiazole rings is 1. The summed E-state index contributed by atoms with van der Waals surface area (Å²) in [4.78, 5) is 12.4. The highest BCUT2D eigenvalue weighted by Gasteiger charge is 2.15. The van der Waals surface area contributed by atoms with Crippen molar-refractivity contribution >= 4 is 41.3 Å². The van der Waals surface area contributed by atoms with Gasteiger partial charge in [0.05, 0.1) is 23.9 Å². The minimum Gasteiger partial charge on any atom is -0.497 e. The third-order valence-corrected chi connectivity index (χ3v) is 5.65. The zero-order valence-corrected chi connectivity index (χ0v) is 20.7. The van der Waals surface area contributed by atoms with Crippen molar-refractivity contribution in [1.29, 1.82) is 0 Å². The van der Waals surface area contributed by atoms with Gasteiger partial charge in [-0.2, -0.15) is 0 Å². The molecule has 0 fully saturated rings. The van der Waals surface area contributed by atoms with Crippen LogP contribution in [0.4, 0.5) is 0 Å². The standard InChI is InChI=1S/C20H31N5OS.HI/c1-14-15(2)27-19(24-14)11-12-22-20(21-3)23-13-18(25(4)5)16-7-9-17(26-6)10-8-16;/h7-10,18H,11-13H2,1-6H3,(H2,21,22,23);1H. The molecule has 0 aliphatic rings. The van der Waals surface area contributed by atoms with Gasteiger partial charge in [0.2, 0.25) is 0 Å². The fourth-order valence-corrected chi connectivity index (χ4v) is 3.71. The normalized spacial score (nSPS) is 12.5. The molecule has 6 nitrogen and oxygen atoms in total. The molecule has 0 amide bonds. The first-order valence-electron chi connectivity index (χ1n) is 9.12. The topological polar surface area (TPSA) is 61.8 Å². The molecule has 1 heterocycles. The van der Waals surface area contributed by atoms with Crippen LogP contribution in [-0.4, -0.2) is 57.2 Å². The fourth-order valence-electron chi connectivity index (χ4n) is 2.77. The first-order chi connectivity index (χ1) is 12.9. The summed E-state index contributed by atoms with van der Waals surface area (Å²) in [5.41, 5.74) is 2.36. The molecule has 0 saturated carbocycles. The number of aromatic nitrogens is 1. The van der Waals surface area contributed by atoms with Crippen LogP contribution >= 0.6 is 35.3 Å². The molecule has 0 saturated heterocycles. The number of aliphatic imine (C=N–C) groups is 1. The van der Waals surface area contributed by atoms with Crippen molar-refractivity contribution in [3.63, 3.8) is 0 Å². The van der Waals surface area contributed by atoms with Crippen LogP contribution in [-0.2, 0) is 6.42 Å². The van der Waals surface area contributed by atoms with Gasteiger partial charge in [-0.15, -0.1) is 35.3 Å². The summed E-state index contributed by atoms with van der Waals surface area (Å²) >= 11 is 1.77. The lowest BCUT2D eigenvalue weighted by molar-refractivity contribution is 0.298. The van der Waals surface area contributed by atoms with Crippen molar-refractivity contribution < 1.29 is 4.74 Å². The quantitative estimate of drug-likeness (QED) is 0.320. The molecular formula is C20H32IN5OS. The molecule has 0 spiro atoms. The molecule has 0 aliphatic carbocycles. The Morgan fingerprint density at radius 2 is 1.89 bits per heavy atom. The Morgan fingerprint density at radius 1 is 1.21 bits per heavy atom. The van der Waals surface area contributed by atoms with E-state index in [1.807, 2.05) is 12.1 Å². The van der Waals surface area contributed by atoms with Gasteiger partial charge in [-0.25, -0.2) is 4.98 Å². The molecule has 1 aromatic carbocycles. The van der Waals surface area contributed by atoms with E-state index in [-0.39, 0.29) is 30.0 Å². The van der Waals surface area contributed by atoms with E-state index in [1.54, 1.807) is 25.5 Å². The van der Waals surface area contributed by atoms with Crippen LogP contribution in [0.2, 0.25) is 0 Å². The van der Waals surface area contributed by atoms with Gasteiger partial charge >= 0.3 is 0 Å². The average molecular weight is 517 g/mol. The summed E-state index contributed by atoms with van der Waals surface area (Å²) in [6.45, 7) is 5.74. The highest BCUT2D eigenvalue weighted by molar-refractivity contribution is 14.0. The number of benzene rings is 1. The Bertz CT molecular complexity index is 726. The maximum atomic E-state index is 5.25. The van der Waals surface area contributed by atoms with Gasteiger partial charge in [-0.1, -0.05) is 12.1 Å². The smallest absolute Gasteiger partial charge is 0.191 e. The number of nitrogens with zero attached hydrogens (tertiary/aromatic N) is 3. The molecule has 2 N–H and O–H groups in total. The van der Waals surface area contributed by atoms with Gasteiger partial charge in [-0.3, -0.25) is 4.99 Å². The van der Waals surface area contributed by atoms with Gasteiger partial charge in [0.25, 0.3) is 0 Å². The Morgan fingerprint density at radius 3 is 2.39 bits per heavy atom. The molecule has 0 bridgehead atoms. The summed E-state index contributed by atoms with van der Waals surface area (Å²) in [5, 5.41) is 7.97. The van der Waals surface area contributed by atoms with Crippen molar-refractivity contribution in [3.8, 4) is 5.75 Å². The second-order valence-electron chi connectivity index (χ2n) is 6.63. The number of halogens is 1. The molecule has 0 radical (unpaired) electrons. The molecule has 1 aromatic heterocycles. The predicted octanol–water partition coefficient (Wildman–Crippen LogP) is 3.40. The number of hydrogen-bond donors (Lipinski definition) is 2. The Labute approximate surface area is 189 Å². The summed E-state index contributed by atoms with van der Waals surface area (Å²) in [7, 11) is 7.65. The molecule has 8 heteroatoms. The molecule has 1 atom stereocenters. The van der Waals surface area contributed by atoms with Gasteiger partial charge in [-0.05, 0) is 45.6 Å². The van der Waals surface area contributed by atoms with Crippen molar-refractivity contribution in [1.82, 2.24) is 20.5 Å². The summed E-state index contributed by atoms with van der Waals surface area (Å²) in [5.74, 6) is 1.68. The van der Waals surface area contributed by atoms with Crippen LogP contribution in [0.15, 0.2) is 29.3 Å². The number of hydrogen-bond acceptors (Lipinski definition) is 5. The van der Waals surface area contributed by atoms with E-state index in [9.17, 15) is 0 Å². The molecule has 0 aliphatic heterocycles.